The largest absolute Gasteiger partial charge is 0.490 e. The number of hydrogen-bond donors (Lipinski definition) is 2. The maximum atomic E-state index is 9.96. The number of hydrogen-bond acceptors (Lipinski definition) is 3. The first kappa shape index (κ1) is 13.9. The van der Waals surface area contributed by atoms with Gasteiger partial charge in [0.1, 0.15) is 18.5 Å². The van der Waals surface area contributed by atoms with Crippen molar-refractivity contribution < 1.29 is 9.84 Å². The van der Waals surface area contributed by atoms with E-state index in [1.807, 2.05) is 37.5 Å². The first-order valence-electron chi connectivity index (χ1n) is 6.76. The fraction of sp³-hybridized carbons (Fsp3) is 0.467. The molecule has 0 bridgehead atoms. The van der Waals surface area contributed by atoms with E-state index in [0.717, 1.165) is 29.6 Å². The van der Waals surface area contributed by atoms with Gasteiger partial charge in [0.15, 0.2) is 0 Å². The Morgan fingerprint density at radius 3 is 3.00 bits per heavy atom. The third-order valence-corrected chi connectivity index (χ3v) is 3.11. The number of benzene rings is 1. The van der Waals surface area contributed by atoms with Crippen molar-refractivity contribution in [2.75, 3.05) is 26.7 Å². The molecule has 19 heavy (non-hydrogen) atoms. The predicted octanol–water partition coefficient (Wildman–Crippen LogP) is 2.25. The molecule has 4 heteroatoms. The molecule has 0 aliphatic rings. The summed E-state index contributed by atoms with van der Waals surface area (Å²) < 4.78 is 5.72. The van der Waals surface area contributed by atoms with Crippen LogP contribution < -0.4 is 4.74 Å². The molecule has 2 N–H and O–H groups in total. The maximum absolute atomic E-state index is 9.96. The van der Waals surface area contributed by atoms with Crippen molar-refractivity contribution in [3.05, 3.63) is 30.5 Å². The highest BCUT2D eigenvalue weighted by Crippen LogP contribution is 2.24. The maximum Gasteiger partial charge on any atom is 0.128 e. The van der Waals surface area contributed by atoms with E-state index < -0.39 is 6.10 Å². The molecule has 2 aromatic rings. The summed E-state index contributed by atoms with van der Waals surface area (Å²) in [4.78, 5) is 5.26. The fourth-order valence-corrected chi connectivity index (χ4v) is 2.25. The smallest absolute Gasteiger partial charge is 0.128 e. The quantitative estimate of drug-likeness (QED) is 0.804. The van der Waals surface area contributed by atoms with Gasteiger partial charge >= 0.3 is 0 Å². The van der Waals surface area contributed by atoms with Crippen LogP contribution in [0, 0.1) is 0 Å². The van der Waals surface area contributed by atoms with Crippen molar-refractivity contribution >= 4 is 10.9 Å². The Kier molecular flexibility index (Phi) is 4.82. The van der Waals surface area contributed by atoms with Gasteiger partial charge in [-0.25, -0.2) is 0 Å². The summed E-state index contributed by atoms with van der Waals surface area (Å²) in [6, 6.07) is 7.87. The Bertz CT molecular complexity index is 510. The minimum absolute atomic E-state index is 0.318. The van der Waals surface area contributed by atoms with E-state index in [4.69, 9.17) is 4.74 Å². The number of likely N-dealkylation sites (N-methyl/N-ethyl adjacent to an activating group) is 1. The molecule has 0 spiro atoms. The van der Waals surface area contributed by atoms with Crippen LogP contribution in [0.5, 0.6) is 5.75 Å². The summed E-state index contributed by atoms with van der Waals surface area (Å²) in [6.45, 7) is 4.08. The molecule has 1 heterocycles. The third kappa shape index (κ3) is 3.72. The van der Waals surface area contributed by atoms with Crippen LogP contribution in [0.1, 0.15) is 13.3 Å². The summed E-state index contributed by atoms with van der Waals surface area (Å²) >= 11 is 0. The minimum Gasteiger partial charge on any atom is -0.490 e. The zero-order chi connectivity index (χ0) is 13.7. The number of nitrogens with one attached hydrogen (secondary N) is 1. The van der Waals surface area contributed by atoms with E-state index in [2.05, 4.69) is 16.8 Å². The van der Waals surface area contributed by atoms with Gasteiger partial charge in [0.25, 0.3) is 0 Å². The van der Waals surface area contributed by atoms with Crippen LogP contribution in [0.3, 0.4) is 0 Å². The topological polar surface area (TPSA) is 48.5 Å². The van der Waals surface area contributed by atoms with Crippen LogP contribution in [-0.2, 0) is 0 Å². The highest BCUT2D eigenvalue weighted by Gasteiger charge is 2.10. The number of H-pyrrole nitrogens is 1. The van der Waals surface area contributed by atoms with Crippen molar-refractivity contribution in [2.45, 2.75) is 19.4 Å². The molecule has 0 fully saturated rings. The van der Waals surface area contributed by atoms with Crippen LogP contribution in [0.4, 0.5) is 0 Å². The van der Waals surface area contributed by atoms with Gasteiger partial charge in [-0.1, -0.05) is 13.0 Å². The lowest BCUT2D eigenvalue weighted by molar-refractivity contribution is 0.0770. The molecule has 0 aliphatic carbocycles. The number of aromatic amines is 1. The van der Waals surface area contributed by atoms with Crippen LogP contribution >= 0.6 is 0 Å². The Balaban J connectivity index is 1.89. The second-order valence-electron chi connectivity index (χ2n) is 4.92. The third-order valence-electron chi connectivity index (χ3n) is 3.11. The number of aliphatic hydroxyl groups is 1. The fourth-order valence-electron chi connectivity index (χ4n) is 2.25. The van der Waals surface area contributed by atoms with E-state index in [1.165, 1.54) is 0 Å². The summed E-state index contributed by atoms with van der Waals surface area (Å²) in [7, 11) is 2.01. The molecule has 0 amide bonds. The van der Waals surface area contributed by atoms with Crippen molar-refractivity contribution in [1.82, 2.24) is 9.88 Å². The van der Waals surface area contributed by atoms with Crippen LogP contribution in [0.25, 0.3) is 10.9 Å². The van der Waals surface area contributed by atoms with Crippen molar-refractivity contribution in [2.24, 2.45) is 0 Å². The summed E-state index contributed by atoms with van der Waals surface area (Å²) in [5.74, 6) is 0.816. The lowest BCUT2D eigenvalue weighted by Gasteiger charge is -2.20. The molecule has 2 rings (SSSR count). The Morgan fingerprint density at radius 2 is 2.21 bits per heavy atom. The number of aliphatic hydroxyl groups excluding tert-OH is 1. The second-order valence-corrected chi connectivity index (χ2v) is 4.92. The van der Waals surface area contributed by atoms with Crippen molar-refractivity contribution in [3.8, 4) is 5.75 Å². The average molecular weight is 262 g/mol. The number of rotatable bonds is 7. The van der Waals surface area contributed by atoms with Crippen LogP contribution in [0.2, 0.25) is 0 Å². The summed E-state index contributed by atoms with van der Waals surface area (Å²) in [5, 5.41) is 11.0. The molecular formula is C15H22N2O2. The normalized spacial score (nSPS) is 13.1. The van der Waals surface area contributed by atoms with Gasteiger partial charge in [0, 0.05) is 23.6 Å². The lowest BCUT2D eigenvalue weighted by atomic mass is 10.2. The van der Waals surface area contributed by atoms with Gasteiger partial charge in [-0.3, -0.25) is 0 Å². The van der Waals surface area contributed by atoms with E-state index in [1.54, 1.807) is 0 Å². The van der Waals surface area contributed by atoms with Gasteiger partial charge in [-0.2, -0.15) is 0 Å². The lowest BCUT2D eigenvalue weighted by Crippen LogP contribution is -2.33. The predicted molar refractivity (Wildman–Crippen MR) is 77.6 cm³/mol. The van der Waals surface area contributed by atoms with Gasteiger partial charge in [0.05, 0.1) is 0 Å². The molecule has 0 saturated carbocycles. The highest BCUT2D eigenvalue weighted by molar-refractivity contribution is 5.85. The molecular weight excluding hydrogens is 240 g/mol. The average Bonchev–Trinajstić information content (AvgIpc) is 2.85. The molecule has 1 aromatic heterocycles. The Labute approximate surface area is 114 Å². The molecule has 1 atom stereocenters. The zero-order valence-corrected chi connectivity index (χ0v) is 11.6. The number of ether oxygens (including phenoxy) is 1. The highest BCUT2D eigenvalue weighted by atomic mass is 16.5. The van der Waals surface area contributed by atoms with Gasteiger partial charge in [0.2, 0.25) is 0 Å². The summed E-state index contributed by atoms with van der Waals surface area (Å²) in [5.41, 5.74) is 1.05. The van der Waals surface area contributed by atoms with Crippen LogP contribution in [0.15, 0.2) is 30.5 Å². The second kappa shape index (κ2) is 6.59. The van der Waals surface area contributed by atoms with E-state index in [-0.39, 0.29) is 0 Å². The van der Waals surface area contributed by atoms with E-state index in [0.29, 0.717) is 13.2 Å². The molecule has 0 saturated heterocycles. The number of aromatic nitrogens is 1. The molecule has 0 aliphatic heterocycles. The SMILES string of the molecule is CCCN(C)CC(O)COc1cccc2[nH]ccc12. The van der Waals surface area contributed by atoms with Crippen molar-refractivity contribution in [1.29, 1.82) is 0 Å². The first-order chi connectivity index (χ1) is 9.20. The Morgan fingerprint density at radius 1 is 1.37 bits per heavy atom. The number of nitrogens with zero attached hydrogens (tertiary/aromatic N) is 1. The molecule has 1 unspecified atom stereocenters. The molecule has 4 nitrogen and oxygen atoms in total. The van der Waals surface area contributed by atoms with Gasteiger partial charge in [-0.15, -0.1) is 0 Å². The first-order valence-corrected chi connectivity index (χ1v) is 6.76. The van der Waals surface area contributed by atoms with Gasteiger partial charge in [-0.05, 0) is 38.2 Å². The monoisotopic (exact) mass is 262 g/mol. The Hall–Kier alpha value is -1.52. The van der Waals surface area contributed by atoms with Crippen molar-refractivity contribution in [3.63, 3.8) is 0 Å². The van der Waals surface area contributed by atoms with E-state index in [9.17, 15) is 5.11 Å². The van der Waals surface area contributed by atoms with Gasteiger partial charge < -0.3 is 19.7 Å². The number of fused-ring (bicyclic) bond motifs is 1. The zero-order valence-electron chi connectivity index (χ0n) is 11.6. The molecule has 104 valence electrons. The molecule has 1 aromatic carbocycles. The van der Waals surface area contributed by atoms with E-state index >= 15 is 0 Å². The minimum atomic E-state index is -0.467. The van der Waals surface area contributed by atoms with Crippen LogP contribution in [-0.4, -0.2) is 47.8 Å². The standard InChI is InChI=1S/C15H22N2O2/c1-3-9-17(2)10-12(18)11-19-15-6-4-5-14-13(15)7-8-16-14/h4-8,12,16,18H,3,9-11H2,1-2H3. The molecule has 0 radical (unpaired) electrons. The summed E-state index contributed by atoms with van der Waals surface area (Å²) in [6.07, 6.45) is 2.51.